The van der Waals surface area contributed by atoms with Crippen molar-refractivity contribution in [3.8, 4) is 5.75 Å². The van der Waals surface area contributed by atoms with E-state index in [9.17, 15) is 4.79 Å². The molecule has 24 heavy (non-hydrogen) atoms. The van der Waals surface area contributed by atoms with Gasteiger partial charge in [0.05, 0.1) is 0 Å². The van der Waals surface area contributed by atoms with E-state index < -0.39 is 0 Å². The van der Waals surface area contributed by atoms with Gasteiger partial charge in [0, 0.05) is 29.9 Å². The fourth-order valence-corrected chi connectivity index (χ4v) is 2.49. The van der Waals surface area contributed by atoms with Crippen molar-refractivity contribution in [1.82, 2.24) is 10.3 Å². The van der Waals surface area contributed by atoms with E-state index in [2.05, 4.69) is 24.1 Å². The van der Waals surface area contributed by atoms with Crippen molar-refractivity contribution < 1.29 is 9.53 Å². The van der Waals surface area contributed by atoms with E-state index in [1.54, 1.807) is 6.20 Å². The van der Waals surface area contributed by atoms with Crippen LogP contribution in [0.25, 0.3) is 0 Å². The number of carbonyl (C=O) groups is 1. The second-order valence-corrected chi connectivity index (χ2v) is 6.41. The molecule has 0 bridgehead atoms. The van der Waals surface area contributed by atoms with Crippen molar-refractivity contribution in [2.45, 2.75) is 33.1 Å². The normalized spacial score (nSPS) is 10.7. The van der Waals surface area contributed by atoms with Gasteiger partial charge in [-0.25, -0.2) is 0 Å². The van der Waals surface area contributed by atoms with E-state index in [1.165, 1.54) is 0 Å². The minimum absolute atomic E-state index is 0.0109. The summed E-state index contributed by atoms with van der Waals surface area (Å²) in [6, 6.07) is 9.54. The predicted octanol–water partition coefficient (Wildman–Crippen LogP) is 3.90. The lowest BCUT2D eigenvalue weighted by Crippen LogP contribution is -2.30. The number of nitrogens with one attached hydrogen (secondary N) is 1. The lowest BCUT2D eigenvalue weighted by Gasteiger charge is -2.16. The summed E-state index contributed by atoms with van der Waals surface area (Å²) in [4.78, 5) is 16.2. The first-order valence-corrected chi connectivity index (χ1v) is 8.44. The van der Waals surface area contributed by atoms with Gasteiger partial charge in [-0.15, -0.1) is 0 Å². The molecular weight excluding hydrogens is 324 g/mol. The number of carbonyl (C=O) groups excluding carboxylic acids is 1. The summed E-state index contributed by atoms with van der Waals surface area (Å²) in [5.41, 5.74) is 2.90. The van der Waals surface area contributed by atoms with Gasteiger partial charge in [-0.05, 0) is 48.2 Å². The van der Waals surface area contributed by atoms with E-state index >= 15 is 0 Å². The van der Waals surface area contributed by atoms with Gasteiger partial charge in [0.25, 0.3) is 5.91 Å². The van der Waals surface area contributed by atoms with Crippen LogP contribution in [0, 0.1) is 6.92 Å². The Bertz CT molecular complexity index is 687. The number of pyridine rings is 1. The van der Waals surface area contributed by atoms with Gasteiger partial charge >= 0.3 is 0 Å². The van der Waals surface area contributed by atoms with Crippen LogP contribution < -0.4 is 10.1 Å². The zero-order valence-electron chi connectivity index (χ0n) is 14.3. The molecule has 128 valence electrons. The lowest BCUT2D eigenvalue weighted by atomic mass is 10.0. The number of aryl methyl sites for hydroxylation is 1. The number of aromatic nitrogens is 1. The highest BCUT2D eigenvalue weighted by Gasteiger charge is 2.12. The molecule has 0 aliphatic heterocycles. The van der Waals surface area contributed by atoms with Crippen LogP contribution in [-0.4, -0.2) is 24.0 Å². The number of benzene rings is 1. The van der Waals surface area contributed by atoms with Crippen LogP contribution in [0.3, 0.4) is 0 Å². The molecule has 1 heterocycles. The third kappa shape index (κ3) is 5.24. The largest absolute Gasteiger partial charge is 0.483 e. The number of amides is 1. The molecule has 0 fully saturated rings. The SMILES string of the molecule is Cc1cc(OCC(=O)NCCc2ccccn2)c(C(C)C)cc1Cl. The molecule has 0 aliphatic carbocycles. The molecule has 0 aliphatic rings. The van der Waals surface area contributed by atoms with E-state index in [0.717, 1.165) is 16.8 Å². The van der Waals surface area contributed by atoms with Crippen LogP contribution in [0.4, 0.5) is 0 Å². The van der Waals surface area contributed by atoms with Crippen molar-refractivity contribution in [3.05, 3.63) is 58.4 Å². The van der Waals surface area contributed by atoms with E-state index in [4.69, 9.17) is 16.3 Å². The number of hydrogen-bond acceptors (Lipinski definition) is 3. The van der Waals surface area contributed by atoms with E-state index in [-0.39, 0.29) is 18.4 Å². The molecule has 0 radical (unpaired) electrons. The van der Waals surface area contributed by atoms with Gasteiger partial charge in [-0.1, -0.05) is 31.5 Å². The molecule has 0 atom stereocenters. The molecule has 2 rings (SSSR count). The first-order chi connectivity index (χ1) is 11.5. The molecule has 0 unspecified atom stereocenters. The zero-order chi connectivity index (χ0) is 17.5. The number of ether oxygens (including phenoxy) is 1. The molecule has 1 aromatic heterocycles. The van der Waals surface area contributed by atoms with Crippen molar-refractivity contribution in [2.75, 3.05) is 13.2 Å². The highest BCUT2D eigenvalue weighted by atomic mass is 35.5. The molecule has 1 N–H and O–H groups in total. The Hall–Kier alpha value is -2.07. The topological polar surface area (TPSA) is 51.2 Å². The molecule has 1 amide bonds. The Kier molecular flexibility index (Phi) is 6.62. The second kappa shape index (κ2) is 8.69. The van der Waals surface area contributed by atoms with Gasteiger partial charge in [0.15, 0.2) is 6.61 Å². The van der Waals surface area contributed by atoms with Crippen LogP contribution in [-0.2, 0) is 11.2 Å². The van der Waals surface area contributed by atoms with Crippen molar-refractivity contribution in [2.24, 2.45) is 0 Å². The van der Waals surface area contributed by atoms with E-state index in [0.29, 0.717) is 23.7 Å². The third-order valence-corrected chi connectivity index (χ3v) is 4.11. The number of halogens is 1. The van der Waals surface area contributed by atoms with Gasteiger partial charge in [0.1, 0.15) is 5.75 Å². The van der Waals surface area contributed by atoms with E-state index in [1.807, 2.05) is 37.3 Å². The fourth-order valence-electron chi connectivity index (χ4n) is 2.32. The molecular formula is C19H23ClN2O2. The Morgan fingerprint density at radius 2 is 2.12 bits per heavy atom. The molecule has 1 aromatic carbocycles. The summed E-state index contributed by atoms with van der Waals surface area (Å²) < 4.78 is 5.71. The second-order valence-electron chi connectivity index (χ2n) is 6.00. The Morgan fingerprint density at radius 3 is 2.79 bits per heavy atom. The fraction of sp³-hybridized carbons (Fsp3) is 0.368. The van der Waals surface area contributed by atoms with Gasteiger partial charge < -0.3 is 10.1 Å². The minimum atomic E-state index is -0.145. The molecule has 0 saturated carbocycles. The maximum atomic E-state index is 12.0. The Balaban J connectivity index is 1.86. The van der Waals surface area contributed by atoms with Crippen LogP contribution in [0.1, 0.15) is 36.6 Å². The highest BCUT2D eigenvalue weighted by Crippen LogP contribution is 2.31. The average molecular weight is 347 g/mol. The molecule has 0 saturated heterocycles. The third-order valence-electron chi connectivity index (χ3n) is 3.70. The standard InChI is InChI=1S/C19H23ClN2O2/c1-13(2)16-11-17(20)14(3)10-18(16)24-12-19(23)22-9-7-15-6-4-5-8-21-15/h4-6,8,10-11,13H,7,9,12H2,1-3H3,(H,22,23). The van der Waals surface area contributed by atoms with Crippen LogP contribution >= 0.6 is 11.6 Å². The molecule has 2 aromatic rings. The Morgan fingerprint density at radius 1 is 1.33 bits per heavy atom. The summed E-state index contributed by atoms with van der Waals surface area (Å²) in [5, 5.41) is 3.56. The number of nitrogens with zero attached hydrogens (tertiary/aromatic N) is 1. The number of rotatable bonds is 7. The van der Waals surface area contributed by atoms with Crippen molar-refractivity contribution in [1.29, 1.82) is 0 Å². The van der Waals surface area contributed by atoms with Crippen molar-refractivity contribution >= 4 is 17.5 Å². The number of hydrogen-bond donors (Lipinski definition) is 1. The molecule has 4 nitrogen and oxygen atoms in total. The smallest absolute Gasteiger partial charge is 0.257 e. The molecule has 0 spiro atoms. The van der Waals surface area contributed by atoms with Crippen LogP contribution in [0.15, 0.2) is 36.5 Å². The maximum absolute atomic E-state index is 12.0. The van der Waals surface area contributed by atoms with Crippen molar-refractivity contribution in [3.63, 3.8) is 0 Å². The van der Waals surface area contributed by atoms with Gasteiger partial charge in [-0.3, -0.25) is 9.78 Å². The minimum Gasteiger partial charge on any atom is -0.483 e. The van der Waals surface area contributed by atoms with Gasteiger partial charge in [0.2, 0.25) is 0 Å². The maximum Gasteiger partial charge on any atom is 0.257 e. The Labute approximate surface area is 148 Å². The quantitative estimate of drug-likeness (QED) is 0.827. The zero-order valence-corrected chi connectivity index (χ0v) is 15.1. The molecule has 5 heteroatoms. The first-order valence-electron chi connectivity index (χ1n) is 8.07. The predicted molar refractivity (Wildman–Crippen MR) is 96.7 cm³/mol. The average Bonchev–Trinajstić information content (AvgIpc) is 2.56. The summed E-state index contributed by atoms with van der Waals surface area (Å²) in [5.74, 6) is 0.838. The highest BCUT2D eigenvalue weighted by molar-refractivity contribution is 6.31. The summed E-state index contributed by atoms with van der Waals surface area (Å²) in [6.07, 6.45) is 2.44. The van der Waals surface area contributed by atoms with Crippen LogP contribution in [0.2, 0.25) is 5.02 Å². The van der Waals surface area contributed by atoms with Gasteiger partial charge in [-0.2, -0.15) is 0 Å². The summed E-state index contributed by atoms with van der Waals surface area (Å²) in [7, 11) is 0. The monoisotopic (exact) mass is 346 g/mol. The van der Waals surface area contributed by atoms with Crippen LogP contribution in [0.5, 0.6) is 5.75 Å². The summed E-state index contributed by atoms with van der Waals surface area (Å²) >= 11 is 6.18. The summed E-state index contributed by atoms with van der Waals surface area (Å²) in [6.45, 7) is 6.59. The lowest BCUT2D eigenvalue weighted by molar-refractivity contribution is -0.123. The first kappa shape index (κ1) is 18.3.